The third-order valence-corrected chi connectivity index (χ3v) is 3.46. The number of aliphatic hydroxyl groups is 1. The minimum absolute atomic E-state index is 0.0210. The van der Waals surface area contributed by atoms with Gasteiger partial charge in [0.1, 0.15) is 17.4 Å². The van der Waals surface area contributed by atoms with E-state index in [-0.39, 0.29) is 25.8 Å². The van der Waals surface area contributed by atoms with Crippen molar-refractivity contribution in [1.82, 2.24) is 4.90 Å². The van der Waals surface area contributed by atoms with Crippen LogP contribution in [0, 0.1) is 11.6 Å². The Morgan fingerprint density at radius 1 is 1.21 bits per heavy atom. The van der Waals surface area contributed by atoms with Crippen molar-refractivity contribution in [3.63, 3.8) is 0 Å². The van der Waals surface area contributed by atoms with Gasteiger partial charge < -0.3 is 14.3 Å². The zero-order valence-corrected chi connectivity index (χ0v) is 13.9. The van der Waals surface area contributed by atoms with Crippen molar-refractivity contribution in [2.45, 2.75) is 39.1 Å². The number of benzene rings is 1. The van der Waals surface area contributed by atoms with Gasteiger partial charge in [-0.25, -0.2) is 8.78 Å². The molecule has 0 amide bonds. The van der Waals surface area contributed by atoms with Crippen LogP contribution in [-0.4, -0.2) is 35.4 Å². The molecule has 1 unspecified atom stereocenters. The Labute approximate surface area is 140 Å². The van der Waals surface area contributed by atoms with Crippen LogP contribution in [0.3, 0.4) is 0 Å². The second-order valence-corrected chi connectivity index (χ2v) is 6.02. The Morgan fingerprint density at radius 3 is 2.62 bits per heavy atom. The van der Waals surface area contributed by atoms with Gasteiger partial charge in [-0.3, -0.25) is 4.90 Å². The summed E-state index contributed by atoms with van der Waals surface area (Å²) < 4.78 is 37.7. The summed E-state index contributed by atoms with van der Waals surface area (Å²) in [5.74, 6) is -0.513. The summed E-state index contributed by atoms with van der Waals surface area (Å²) in [6, 6.07) is 7.08. The number of halogens is 2. The van der Waals surface area contributed by atoms with Gasteiger partial charge in [-0.2, -0.15) is 0 Å². The SMILES string of the molecule is CC(C)OCC(O)CN(Cc1ccco1)Cc1ccc(F)cc1F. The van der Waals surface area contributed by atoms with E-state index in [1.54, 1.807) is 12.3 Å². The molecule has 1 heterocycles. The summed E-state index contributed by atoms with van der Waals surface area (Å²) in [5, 5.41) is 10.1. The van der Waals surface area contributed by atoms with Gasteiger partial charge >= 0.3 is 0 Å². The van der Waals surface area contributed by atoms with Gasteiger partial charge in [-0.05, 0) is 32.0 Å². The molecule has 0 saturated carbocycles. The number of rotatable bonds is 9. The monoisotopic (exact) mass is 339 g/mol. The van der Waals surface area contributed by atoms with Crippen molar-refractivity contribution in [1.29, 1.82) is 0 Å². The molecule has 2 aromatic rings. The lowest BCUT2D eigenvalue weighted by molar-refractivity contribution is -0.0115. The molecule has 2 rings (SSSR count). The third-order valence-electron chi connectivity index (χ3n) is 3.46. The average Bonchev–Trinajstić information content (AvgIpc) is 3.01. The highest BCUT2D eigenvalue weighted by atomic mass is 19.1. The number of hydrogen-bond donors (Lipinski definition) is 1. The summed E-state index contributed by atoms with van der Waals surface area (Å²) in [4.78, 5) is 1.84. The van der Waals surface area contributed by atoms with E-state index >= 15 is 0 Å². The number of aliphatic hydroxyl groups excluding tert-OH is 1. The number of ether oxygens (including phenoxy) is 1. The van der Waals surface area contributed by atoms with Gasteiger partial charge in [-0.1, -0.05) is 6.07 Å². The van der Waals surface area contributed by atoms with Gasteiger partial charge in [0.2, 0.25) is 0 Å². The van der Waals surface area contributed by atoms with E-state index in [0.29, 0.717) is 17.9 Å². The largest absolute Gasteiger partial charge is 0.468 e. The fourth-order valence-corrected chi connectivity index (χ4v) is 2.35. The summed E-state index contributed by atoms with van der Waals surface area (Å²) in [6.45, 7) is 4.89. The first-order valence-electron chi connectivity index (χ1n) is 7.92. The minimum atomic E-state index is -0.717. The molecule has 4 nitrogen and oxygen atoms in total. The van der Waals surface area contributed by atoms with E-state index in [0.717, 1.165) is 6.07 Å². The van der Waals surface area contributed by atoms with Crippen LogP contribution in [0.5, 0.6) is 0 Å². The van der Waals surface area contributed by atoms with E-state index in [2.05, 4.69) is 0 Å². The molecule has 0 fully saturated rings. The zero-order chi connectivity index (χ0) is 17.5. The predicted octanol–water partition coefficient (Wildman–Crippen LogP) is 3.35. The molecule has 0 aliphatic heterocycles. The molecule has 1 aromatic carbocycles. The molecule has 0 radical (unpaired) electrons. The third kappa shape index (κ3) is 6.03. The Morgan fingerprint density at radius 2 is 2.00 bits per heavy atom. The van der Waals surface area contributed by atoms with Gasteiger partial charge in [0.05, 0.1) is 31.6 Å². The van der Waals surface area contributed by atoms with E-state index in [4.69, 9.17) is 9.15 Å². The molecule has 132 valence electrons. The number of nitrogens with zero attached hydrogens (tertiary/aromatic N) is 1. The van der Waals surface area contributed by atoms with E-state index in [1.165, 1.54) is 12.1 Å². The fourth-order valence-electron chi connectivity index (χ4n) is 2.35. The lowest BCUT2D eigenvalue weighted by Gasteiger charge is -2.25. The molecule has 0 spiro atoms. The van der Waals surface area contributed by atoms with E-state index < -0.39 is 17.7 Å². The Kier molecular flexibility index (Phi) is 6.90. The first kappa shape index (κ1) is 18.6. The minimum Gasteiger partial charge on any atom is -0.468 e. The standard InChI is InChI=1S/C18H23F2NO3/c1-13(2)24-12-16(22)10-21(11-17-4-3-7-23-17)9-14-5-6-15(19)8-18(14)20/h3-8,13,16,22H,9-12H2,1-2H3. The Bertz CT molecular complexity index is 617. The zero-order valence-electron chi connectivity index (χ0n) is 13.9. The highest BCUT2D eigenvalue weighted by Gasteiger charge is 2.17. The van der Waals surface area contributed by atoms with Crippen molar-refractivity contribution in [3.8, 4) is 0 Å². The van der Waals surface area contributed by atoms with Crippen molar-refractivity contribution in [2.24, 2.45) is 0 Å². The maximum Gasteiger partial charge on any atom is 0.130 e. The molecule has 24 heavy (non-hydrogen) atoms. The van der Waals surface area contributed by atoms with Crippen LogP contribution in [-0.2, 0) is 17.8 Å². The van der Waals surface area contributed by atoms with Crippen molar-refractivity contribution < 1.29 is 23.0 Å². The first-order chi connectivity index (χ1) is 11.4. The predicted molar refractivity (Wildman–Crippen MR) is 86.3 cm³/mol. The Hall–Kier alpha value is -1.76. The maximum atomic E-state index is 13.9. The van der Waals surface area contributed by atoms with Crippen LogP contribution in [0.25, 0.3) is 0 Å². The number of furan rings is 1. The van der Waals surface area contributed by atoms with Crippen LogP contribution >= 0.6 is 0 Å². The molecule has 0 bridgehead atoms. The highest BCUT2D eigenvalue weighted by molar-refractivity contribution is 5.18. The first-order valence-corrected chi connectivity index (χ1v) is 7.92. The van der Waals surface area contributed by atoms with E-state index in [1.807, 2.05) is 24.8 Å². The van der Waals surface area contributed by atoms with Gasteiger partial charge in [0.25, 0.3) is 0 Å². The van der Waals surface area contributed by atoms with Gasteiger partial charge in [0.15, 0.2) is 0 Å². The second kappa shape index (κ2) is 8.92. The smallest absolute Gasteiger partial charge is 0.130 e. The molecule has 1 N–H and O–H groups in total. The molecule has 0 saturated heterocycles. The normalized spacial score (nSPS) is 13.0. The summed E-state index contributed by atoms with van der Waals surface area (Å²) in [5.41, 5.74) is 0.361. The quantitative estimate of drug-likeness (QED) is 0.761. The molecule has 0 aliphatic carbocycles. The van der Waals surface area contributed by atoms with Gasteiger partial charge in [-0.15, -0.1) is 0 Å². The van der Waals surface area contributed by atoms with Crippen molar-refractivity contribution >= 4 is 0 Å². The van der Waals surface area contributed by atoms with Gasteiger partial charge in [0, 0.05) is 24.7 Å². The average molecular weight is 339 g/mol. The highest BCUT2D eigenvalue weighted by Crippen LogP contribution is 2.15. The molecular formula is C18H23F2NO3. The van der Waals surface area contributed by atoms with Crippen LogP contribution in [0.4, 0.5) is 8.78 Å². The van der Waals surface area contributed by atoms with Crippen LogP contribution in [0.2, 0.25) is 0 Å². The Balaban J connectivity index is 2.04. The van der Waals surface area contributed by atoms with Crippen LogP contribution in [0.1, 0.15) is 25.2 Å². The molecule has 1 aromatic heterocycles. The summed E-state index contributed by atoms with van der Waals surface area (Å²) in [7, 11) is 0. The van der Waals surface area contributed by atoms with Crippen LogP contribution < -0.4 is 0 Å². The fraction of sp³-hybridized carbons (Fsp3) is 0.444. The molecular weight excluding hydrogens is 316 g/mol. The van der Waals surface area contributed by atoms with Crippen molar-refractivity contribution in [2.75, 3.05) is 13.2 Å². The van der Waals surface area contributed by atoms with Crippen LogP contribution in [0.15, 0.2) is 41.0 Å². The molecule has 6 heteroatoms. The number of hydrogen-bond acceptors (Lipinski definition) is 4. The summed E-state index contributed by atoms with van der Waals surface area (Å²) >= 11 is 0. The topological polar surface area (TPSA) is 45.8 Å². The van der Waals surface area contributed by atoms with Crippen molar-refractivity contribution in [3.05, 3.63) is 59.6 Å². The molecule has 0 aliphatic rings. The lowest BCUT2D eigenvalue weighted by atomic mass is 10.1. The maximum absolute atomic E-state index is 13.9. The second-order valence-electron chi connectivity index (χ2n) is 6.02. The van der Waals surface area contributed by atoms with E-state index in [9.17, 15) is 13.9 Å². The lowest BCUT2D eigenvalue weighted by Crippen LogP contribution is -2.35. The molecule has 1 atom stereocenters. The summed E-state index contributed by atoms with van der Waals surface area (Å²) in [6.07, 6.45) is 0.864.